The Morgan fingerprint density at radius 2 is 2.27 bits per heavy atom. The van der Waals surface area contributed by atoms with E-state index >= 15 is 0 Å². The molecule has 0 aromatic carbocycles. The first-order valence-electron chi connectivity index (χ1n) is 7.43. The second-order valence-corrected chi connectivity index (χ2v) is 7.02. The molecule has 2 amide bonds. The van der Waals surface area contributed by atoms with Crippen molar-refractivity contribution in [2.75, 3.05) is 0 Å². The predicted molar refractivity (Wildman–Crippen MR) is 86.2 cm³/mol. The second kappa shape index (κ2) is 6.69. The van der Waals surface area contributed by atoms with Gasteiger partial charge in [0.25, 0.3) is 5.91 Å². The number of azide groups is 1. The highest BCUT2D eigenvalue weighted by atomic mass is 32.2. The van der Waals surface area contributed by atoms with Gasteiger partial charge in [0.05, 0.1) is 12.1 Å². The number of aromatic nitrogens is 2. The van der Waals surface area contributed by atoms with Crippen molar-refractivity contribution in [3.05, 3.63) is 33.6 Å². The molecule has 2 aliphatic heterocycles. The number of rotatable bonds is 5. The van der Waals surface area contributed by atoms with Gasteiger partial charge in [0.1, 0.15) is 17.1 Å². The summed E-state index contributed by atoms with van der Waals surface area (Å²) in [7, 11) is 0. The average molecular weight is 379 g/mol. The molecule has 0 bridgehead atoms. The molecule has 13 heteroatoms. The number of nitrogens with zero attached hydrogens (tertiary/aromatic N) is 6. The Morgan fingerprint density at radius 1 is 1.54 bits per heavy atom. The molecular weight excluding hydrogens is 366 g/mol. The smallest absolute Gasteiger partial charge is 0.352 e. The number of β-lactam (4-membered cyclic amide) rings is 1. The first-order valence-corrected chi connectivity index (χ1v) is 8.37. The summed E-state index contributed by atoms with van der Waals surface area (Å²) >= 11 is 1.22. The summed E-state index contributed by atoms with van der Waals surface area (Å²) in [5.41, 5.74) is 8.24. The van der Waals surface area contributed by atoms with Gasteiger partial charge in [-0.05, 0) is 12.5 Å². The third-order valence-corrected chi connectivity index (χ3v) is 5.21. The first-order chi connectivity index (χ1) is 12.3. The van der Waals surface area contributed by atoms with Crippen molar-refractivity contribution < 1.29 is 24.0 Å². The first kappa shape index (κ1) is 17.8. The van der Waals surface area contributed by atoms with Gasteiger partial charge >= 0.3 is 5.97 Å². The van der Waals surface area contributed by atoms with Gasteiger partial charge in [-0.2, -0.15) is 4.98 Å². The van der Waals surface area contributed by atoms with Crippen molar-refractivity contribution >= 4 is 29.5 Å². The summed E-state index contributed by atoms with van der Waals surface area (Å²) in [4.78, 5) is 43.6. The van der Waals surface area contributed by atoms with Crippen LogP contribution >= 0.6 is 11.8 Å². The lowest BCUT2D eigenvalue weighted by Gasteiger charge is -2.50. The summed E-state index contributed by atoms with van der Waals surface area (Å²) < 4.78 is 4.78. The van der Waals surface area contributed by atoms with Gasteiger partial charge in [0, 0.05) is 17.1 Å². The number of aryl methyl sites for hydroxylation is 1. The molecule has 12 nitrogen and oxygen atoms in total. The zero-order valence-electron chi connectivity index (χ0n) is 13.6. The van der Waals surface area contributed by atoms with Crippen LogP contribution in [0.1, 0.15) is 18.6 Å². The number of hydrogen-bond acceptors (Lipinski definition) is 8. The van der Waals surface area contributed by atoms with E-state index in [1.54, 1.807) is 13.8 Å². The molecule has 2 aliphatic rings. The summed E-state index contributed by atoms with van der Waals surface area (Å²) in [6.45, 7) is 3.25. The van der Waals surface area contributed by atoms with E-state index in [-0.39, 0.29) is 23.6 Å². The van der Waals surface area contributed by atoms with Crippen LogP contribution in [0.2, 0.25) is 0 Å². The highest BCUT2D eigenvalue weighted by molar-refractivity contribution is 8.00. The lowest BCUT2D eigenvalue weighted by molar-refractivity contribution is -0.150. The minimum atomic E-state index is -1.37. The van der Waals surface area contributed by atoms with E-state index in [0.717, 1.165) is 4.90 Å². The standard InChI is InChI=1S/C13H13N7O5S/c1-4-8(17-19-14)10(13(23)24)20-11(22)9(12(20)26-4)16-7(21)3-6-15-5(2)25-18-6/h4,9,12H,3H2,1-2H3,(H,16,21)(H,23,24)/t4?,9?,12-/m1/s1. The Labute approximate surface area is 150 Å². The Hall–Kier alpha value is -3.05. The maximum absolute atomic E-state index is 12.4. The lowest BCUT2D eigenvalue weighted by atomic mass is 10.0. The molecule has 0 radical (unpaired) electrons. The van der Waals surface area contributed by atoms with E-state index < -0.39 is 34.4 Å². The molecule has 136 valence electrons. The summed E-state index contributed by atoms with van der Waals surface area (Å²) in [5, 5.41) is 17.9. The van der Waals surface area contributed by atoms with E-state index in [4.69, 9.17) is 10.1 Å². The van der Waals surface area contributed by atoms with Crippen molar-refractivity contribution in [2.24, 2.45) is 5.11 Å². The minimum absolute atomic E-state index is 0.0263. The number of carbonyl (C=O) groups excluding carboxylic acids is 2. The number of amides is 2. The predicted octanol–water partition coefficient (Wildman–Crippen LogP) is 0.315. The fraction of sp³-hybridized carbons (Fsp3) is 0.462. The molecule has 1 aromatic rings. The van der Waals surface area contributed by atoms with Crippen LogP contribution in [-0.4, -0.2) is 54.6 Å². The average Bonchev–Trinajstić information content (AvgIpc) is 2.98. The van der Waals surface area contributed by atoms with Crippen LogP contribution in [0.15, 0.2) is 21.0 Å². The van der Waals surface area contributed by atoms with Gasteiger partial charge in [-0.1, -0.05) is 10.3 Å². The Balaban J connectivity index is 1.76. The van der Waals surface area contributed by atoms with Gasteiger partial charge in [-0.25, -0.2) is 4.79 Å². The zero-order chi connectivity index (χ0) is 19.0. The molecule has 3 atom stereocenters. The molecule has 2 unspecified atom stereocenters. The van der Waals surface area contributed by atoms with Crippen LogP contribution in [0.4, 0.5) is 0 Å². The molecule has 3 rings (SSSR count). The number of fused-ring (bicyclic) bond motifs is 1. The quantitative estimate of drug-likeness (QED) is 0.318. The fourth-order valence-corrected chi connectivity index (χ4v) is 4.11. The van der Waals surface area contributed by atoms with Crippen molar-refractivity contribution in [1.82, 2.24) is 20.4 Å². The molecular formula is C13H13N7O5S. The summed E-state index contributed by atoms with van der Waals surface area (Å²) in [6, 6.07) is -0.884. The van der Waals surface area contributed by atoms with Crippen LogP contribution in [0, 0.1) is 6.92 Å². The maximum atomic E-state index is 12.4. The van der Waals surface area contributed by atoms with Crippen molar-refractivity contribution in [3.8, 4) is 0 Å². The SMILES string of the molecule is Cc1nc(CC(=O)NC2C(=O)N3C(C(=O)O)=C(N=[N+]=[N-])C(C)S[C@H]23)no1. The van der Waals surface area contributed by atoms with E-state index in [1.165, 1.54) is 11.8 Å². The summed E-state index contributed by atoms with van der Waals surface area (Å²) in [6.07, 6.45) is -0.167. The molecule has 0 saturated carbocycles. The number of thioether (sulfide) groups is 1. The number of carboxylic acids is 1. The van der Waals surface area contributed by atoms with E-state index in [9.17, 15) is 19.5 Å². The van der Waals surface area contributed by atoms with Crippen LogP contribution in [0.25, 0.3) is 10.4 Å². The van der Waals surface area contributed by atoms with Crippen LogP contribution < -0.4 is 5.32 Å². The highest BCUT2D eigenvalue weighted by Gasteiger charge is 2.55. The van der Waals surface area contributed by atoms with Crippen LogP contribution in [0.5, 0.6) is 0 Å². The van der Waals surface area contributed by atoms with Crippen LogP contribution in [-0.2, 0) is 20.8 Å². The van der Waals surface area contributed by atoms with E-state index in [2.05, 4.69) is 25.5 Å². The van der Waals surface area contributed by atoms with Gasteiger partial charge in [-0.3, -0.25) is 14.5 Å². The number of hydrogen-bond donors (Lipinski definition) is 2. The molecule has 1 saturated heterocycles. The third-order valence-electron chi connectivity index (χ3n) is 3.82. The Morgan fingerprint density at radius 3 is 2.85 bits per heavy atom. The third kappa shape index (κ3) is 2.97. The Bertz CT molecular complexity index is 874. The molecule has 26 heavy (non-hydrogen) atoms. The van der Waals surface area contributed by atoms with Gasteiger partial charge in [0.15, 0.2) is 5.82 Å². The second-order valence-electron chi connectivity index (χ2n) is 5.56. The van der Waals surface area contributed by atoms with Gasteiger partial charge in [0.2, 0.25) is 11.8 Å². The number of aliphatic carboxylic acids is 1. The number of carbonyl (C=O) groups is 3. The highest BCUT2D eigenvalue weighted by Crippen LogP contribution is 2.44. The minimum Gasteiger partial charge on any atom is -0.477 e. The topological polar surface area (TPSA) is 174 Å². The van der Waals surface area contributed by atoms with Crippen molar-refractivity contribution in [2.45, 2.75) is 36.9 Å². The number of nitrogens with one attached hydrogen (secondary N) is 1. The molecule has 1 aromatic heterocycles. The van der Waals surface area contributed by atoms with Crippen LogP contribution in [0.3, 0.4) is 0 Å². The number of carboxylic acid groups (broad SMARTS) is 1. The van der Waals surface area contributed by atoms with Gasteiger partial charge < -0.3 is 14.9 Å². The van der Waals surface area contributed by atoms with Gasteiger partial charge in [-0.15, -0.1) is 11.8 Å². The van der Waals surface area contributed by atoms with E-state index in [0.29, 0.717) is 5.89 Å². The monoisotopic (exact) mass is 379 g/mol. The summed E-state index contributed by atoms with van der Waals surface area (Å²) in [5.74, 6) is -1.94. The van der Waals surface area contributed by atoms with E-state index in [1.807, 2.05) is 0 Å². The normalized spacial score (nSPS) is 24.5. The molecule has 1 fully saturated rings. The molecule has 3 heterocycles. The van der Waals surface area contributed by atoms with Crippen molar-refractivity contribution in [3.63, 3.8) is 0 Å². The fourth-order valence-electron chi connectivity index (χ4n) is 2.73. The molecule has 0 spiro atoms. The van der Waals surface area contributed by atoms with Crippen molar-refractivity contribution in [1.29, 1.82) is 0 Å². The molecule has 2 N–H and O–H groups in total. The lowest BCUT2D eigenvalue weighted by Crippen LogP contribution is -2.71. The Kier molecular flexibility index (Phi) is 4.57. The maximum Gasteiger partial charge on any atom is 0.352 e. The largest absolute Gasteiger partial charge is 0.477 e. The zero-order valence-corrected chi connectivity index (χ0v) is 14.4. The molecule has 0 aliphatic carbocycles.